The number of aromatic nitrogens is 2. The van der Waals surface area contributed by atoms with Gasteiger partial charge in [-0.2, -0.15) is 5.10 Å². The van der Waals surface area contributed by atoms with E-state index in [0.29, 0.717) is 30.4 Å². The topological polar surface area (TPSA) is 88.5 Å². The summed E-state index contributed by atoms with van der Waals surface area (Å²) < 4.78 is 7.27. The largest absolute Gasteiger partial charge is 0.492 e. The number of para-hydroxylation sites is 3. The van der Waals surface area contributed by atoms with E-state index in [4.69, 9.17) is 9.84 Å². The Morgan fingerprint density at radius 2 is 1.56 bits per heavy atom. The first-order chi connectivity index (χ1) is 17.6. The number of nitrogens with zero attached hydrogens (tertiary/aromatic N) is 3. The van der Waals surface area contributed by atoms with Crippen LogP contribution in [0.3, 0.4) is 0 Å². The van der Waals surface area contributed by atoms with Gasteiger partial charge in [-0.25, -0.2) is 9.48 Å². The molecule has 0 spiro atoms. The van der Waals surface area contributed by atoms with E-state index in [-0.39, 0.29) is 18.5 Å². The molecular formula is C28H29N5O3. The van der Waals surface area contributed by atoms with Gasteiger partial charge < -0.3 is 20.3 Å². The monoisotopic (exact) mass is 483 g/mol. The van der Waals surface area contributed by atoms with Crippen LogP contribution in [0.15, 0.2) is 91.0 Å². The average Bonchev–Trinajstić information content (AvgIpc) is 3.33. The van der Waals surface area contributed by atoms with Crippen molar-refractivity contribution in [2.24, 2.45) is 0 Å². The van der Waals surface area contributed by atoms with E-state index in [0.717, 1.165) is 16.9 Å². The van der Waals surface area contributed by atoms with Crippen molar-refractivity contribution in [3.8, 4) is 22.7 Å². The first-order valence-electron chi connectivity index (χ1n) is 11.9. The maximum Gasteiger partial charge on any atom is 0.322 e. The predicted molar refractivity (Wildman–Crippen MR) is 142 cm³/mol. The number of hydrogen-bond acceptors (Lipinski definition) is 4. The molecule has 3 aromatic carbocycles. The van der Waals surface area contributed by atoms with E-state index in [9.17, 15) is 9.59 Å². The summed E-state index contributed by atoms with van der Waals surface area (Å²) in [6, 6.07) is 28.0. The first-order valence-corrected chi connectivity index (χ1v) is 11.9. The zero-order valence-corrected chi connectivity index (χ0v) is 20.3. The lowest BCUT2D eigenvalue weighted by molar-refractivity contribution is -0.116. The SMILES string of the molecule is CCOc1ccccc1NC(=O)N(CC)CC(=O)Nc1cc(-c2ccccc2)nn1-c1ccccc1. The van der Waals surface area contributed by atoms with Crippen LogP contribution in [0, 0.1) is 0 Å². The van der Waals surface area contributed by atoms with Crippen molar-refractivity contribution >= 4 is 23.4 Å². The van der Waals surface area contributed by atoms with Crippen molar-refractivity contribution in [2.75, 3.05) is 30.3 Å². The number of nitrogens with one attached hydrogen (secondary N) is 2. The second kappa shape index (κ2) is 11.7. The van der Waals surface area contributed by atoms with Gasteiger partial charge in [0, 0.05) is 18.2 Å². The highest BCUT2D eigenvalue weighted by molar-refractivity contribution is 5.97. The van der Waals surface area contributed by atoms with Crippen LogP contribution in [-0.2, 0) is 4.79 Å². The van der Waals surface area contributed by atoms with Gasteiger partial charge in [-0.05, 0) is 38.1 Å². The van der Waals surface area contributed by atoms with Gasteiger partial charge in [0.15, 0.2) is 0 Å². The summed E-state index contributed by atoms with van der Waals surface area (Å²) in [5.74, 6) is 0.763. The van der Waals surface area contributed by atoms with E-state index in [2.05, 4.69) is 10.6 Å². The number of likely N-dealkylation sites (N-methyl/N-ethyl adjacent to an activating group) is 1. The Morgan fingerprint density at radius 1 is 0.889 bits per heavy atom. The van der Waals surface area contributed by atoms with Crippen molar-refractivity contribution in [3.63, 3.8) is 0 Å². The zero-order chi connectivity index (χ0) is 25.3. The fourth-order valence-electron chi connectivity index (χ4n) is 3.71. The normalized spacial score (nSPS) is 10.5. The minimum atomic E-state index is -0.388. The summed E-state index contributed by atoms with van der Waals surface area (Å²) in [6.07, 6.45) is 0. The molecule has 1 aromatic heterocycles. The van der Waals surface area contributed by atoms with Crippen molar-refractivity contribution in [2.45, 2.75) is 13.8 Å². The summed E-state index contributed by atoms with van der Waals surface area (Å²) in [6.45, 7) is 4.41. The number of amides is 3. The summed E-state index contributed by atoms with van der Waals surface area (Å²) in [5.41, 5.74) is 3.03. The minimum absolute atomic E-state index is 0.125. The number of rotatable bonds is 9. The Labute approximate surface area is 210 Å². The van der Waals surface area contributed by atoms with Crippen molar-refractivity contribution < 1.29 is 14.3 Å². The molecule has 1 heterocycles. The number of carbonyl (C=O) groups excluding carboxylic acids is 2. The quantitative estimate of drug-likeness (QED) is 0.332. The molecule has 8 nitrogen and oxygen atoms in total. The van der Waals surface area contributed by atoms with Crippen molar-refractivity contribution in [1.29, 1.82) is 0 Å². The molecule has 4 aromatic rings. The fraction of sp³-hybridized carbons (Fsp3) is 0.179. The van der Waals surface area contributed by atoms with Crippen LogP contribution < -0.4 is 15.4 Å². The summed E-state index contributed by atoms with van der Waals surface area (Å²) in [7, 11) is 0. The van der Waals surface area contributed by atoms with Gasteiger partial charge >= 0.3 is 6.03 Å². The van der Waals surface area contributed by atoms with Gasteiger partial charge in [-0.3, -0.25) is 4.79 Å². The molecule has 0 aliphatic heterocycles. The van der Waals surface area contributed by atoms with E-state index >= 15 is 0 Å². The van der Waals surface area contributed by atoms with Gasteiger partial charge in [0.2, 0.25) is 5.91 Å². The highest BCUT2D eigenvalue weighted by Crippen LogP contribution is 2.25. The smallest absolute Gasteiger partial charge is 0.322 e. The lowest BCUT2D eigenvalue weighted by Crippen LogP contribution is -2.40. The fourth-order valence-corrected chi connectivity index (χ4v) is 3.71. The lowest BCUT2D eigenvalue weighted by Gasteiger charge is -2.22. The first kappa shape index (κ1) is 24.5. The Hall–Kier alpha value is -4.59. The molecule has 0 bridgehead atoms. The van der Waals surface area contributed by atoms with E-state index < -0.39 is 0 Å². The Kier molecular flexibility index (Phi) is 7.97. The molecular weight excluding hydrogens is 454 g/mol. The molecule has 0 aliphatic carbocycles. The molecule has 2 N–H and O–H groups in total. The maximum absolute atomic E-state index is 13.0. The van der Waals surface area contributed by atoms with Gasteiger partial charge in [0.25, 0.3) is 0 Å². The Morgan fingerprint density at radius 3 is 2.25 bits per heavy atom. The summed E-state index contributed by atoms with van der Waals surface area (Å²) >= 11 is 0. The number of hydrogen-bond donors (Lipinski definition) is 2. The third kappa shape index (κ3) is 5.90. The van der Waals surface area contributed by atoms with E-state index in [1.165, 1.54) is 4.90 Å². The molecule has 184 valence electrons. The molecule has 0 aliphatic rings. The molecule has 8 heteroatoms. The van der Waals surface area contributed by atoms with Crippen LogP contribution in [0.4, 0.5) is 16.3 Å². The molecule has 0 atom stereocenters. The summed E-state index contributed by atoms with van der Waals surface area (Å²) in [5, 5.41) is 10.5. The van der Waals surface area contributed by atoms with Crippen LogP contribution in [0.1, 0.15) is 13.8 Å². The highest BCUT2D eigenvalue weighted by Gasteiger charge is 2.19. The number of ether oxygens (including phenoxy) is 1. The number of urea groups is 1. The minimum Gasteiger partial charge on any atom is -0.492 e. The van der Waals surface area contributed by atoms with Crippen LogP contribution in [-0.4, -0.2) is 46.3 Å². The molecule has 0 saturated carbocycles. The predicted octanol–water partition coefficient (Wildman–Crippen LogP) is 5.43. The van der Waals surface area contributed by atoms with Crippen LogP contribution in [0.2, 0.25) is 0 Å². The number of benzene rings is 3. The van der Waals surface area contributed by atoms with Crippen LogP contribution in [0.5, 0.6) is 5.75 Å². The Bertz CT molecular complexity index is 1310. The number of anilines is 2. The summed E-state index contributed by atoms with van der Waals surface area (Å²) in [4.78, 5) is 27.4. The van der Waals surface area contributed by atoms with E-state index in [1.54, 1.807) is 16.8 Å². The Balaban J connectivity index is 1.51. The second-order valence-corrected chi connectivity index (χ2v) is 7.95. The zero-order valence-electron chi connectivity index (χ0n) is 20.3. The van der Waals surface area contributed by atoms with Crippen molar-refractivity contribution in [1.82, 2.24) is 14.7 Å². The van der Waals surface area contributed by atoms with Crippen LogP contribution in [0.25, 0.3) is 16.9 Å². The molecule has 4 rings (SSSR count). The molecule has 36 heavy (non-hydrogen) atoms. The second-order valence-electron chi connectivity index (χ2n) is 7.95. The van der Waals surface area contributed by atoms with E-state index in [1.807, 2.05) is 92.7 Å². The van der Waals surface area contributed by atoms with Crippen LogP contribution >= 0.6 is 0 Å². The third-order valence-corrected chi connectivity index (χ3v) is 5.48. The molecule has 3 amide bonds. The third-order valence-electron chi connectivity index (χ3n) is 5.48. The molecule has 0 radical (unpaired) electrons. The van der Waals surface area contributed by atoms with Gasteiger partial charge in [0.1, 0.15) is 18.1 Å². The van der Waals surface area contributed by atoms with Gasteiger partial charge in [-0.1, -0.05) is 60.7 Å². The van der Waals surface area contributed by atoms with Gasteiger partial charge in [0.05, 0.1) is 23.7 Å². The maximum atomic E-state index is 13.0. The highest BCUT2D eigenvalue weighted by atomic mass is 16.5. The molecule has 0 saturated heterocycles. The molecule has 0 fully saturated rings. The van der Waals surface area contributed by atoms with Gasteiger partial charge in [-0.15, -0.1) is 0 Å². The molecule has 0 unspecified atom stereocenters. The lowest BCUT2D eigenvalue weighted by atomic mass is 10.1. The number of carbonyl (C=O) groups is 2. The standard InChI is InChI=1S/C28H29N5O3/c1-3-32(28(35)29-23-17-11-12-18-25(23)36-4-2)20-27(34)30-26-19-24(21-13-7-5-8-14-21)31-33(26)22-15-9-6-10-16-22/h5-19H,3-4,20H2,1-2H3,(H,29,35)(H,30,34). The average molecular weight is 484 g/mol. The van der Waals surface area contributed by atoms with Crippen molar-refractivity contribution in [3.05, 3.63) is 91.0 Å².